The Morgan fingerprint density at radius 2 is 1.67 bits per heavy atom. The molecule has 2 aromatic heterocycles. The minimum absolute atomic E-state index is 0.786. The normalized spacial score (nSPS) is 11.0. The summed E-state index contributed by atoms with van der Waals surface area (Å²) in [5, 5.41) is 3.37. The van der Waals surface area contributed by atoms with Gasteiger partial charge in [0.05, 0.1) is 0 Å². The smallest absolute Gasteiger partial charge is 0.162 e. The molecule has 0 aliphatic carbocycles. The number of benzene rings is 2. The third-order valence-electron chi connectivity index (χ3n) is 4.21. The van der Waals surface area contributed by atoms with E-state index >= 15 is 0 Å². The first kappa shape index (κ1) is 14.8. The van der Waals surface area contributed by atoms with Crippen molar-refractivity contribution in [2.75, 3.05) is 0 Å². The molecule has 1 N–H and O–H groups in total. The van der Waals surface area contributed by atoms with Gasteiger partial charge in [-0.25, -0.2) is 9.50 Å². The second kappa shape index (κ2) is 6.06. The first-order valence-electron chi connectivity index (χ1n) is 7.92. The fourth-order valence-electron chi connectivity index (χ4n) is 3.05. The third kappa shape index (κ3) is 2.55. The van der Waals surface area contributed by atoms with Crippen LogP contribution >= 0.6 is 12.2 Å². The number of aromatic nitrogens is 3. The van der Waals surface area contributed by atoms with Crippen molar-refractivity contribution in [2.24, 2.45) is 0 Å². The molecule has 2 heterocycles. The minimum atomic E-state index is 0.786. The van der Waals surface area contributed by atoms with E-state index in [0.717, 1.165) is 39.1 Å². The summed E-state index contributed by atoms with van der Waals surface area (Å²) in [7, 11) is 0. The molecule has 0 bridgehead atoms. The lowest BCUT2D eigenvalue weighted by molar-refractivity contribution is 0.883. The van der Waals surface area contributed by atoms with E-state index in [0.29, 0.717) is 0 Å². The van der Waals surface area contributed by atoms with Crippen molar-refractivity contribution in [3.05, 3.63) is 88.3 Å². The van der Waals surface area contributed by atoms with E-state index in [1.165, 1.54) is 5.56 Å². The zero-order valence-corrected chi connectivity index (χ0v) is 14.2. The molecule has 0 spiro atoms. The van der Waals surface area contributed by atoms with Crippen LogP contribution in [0.3, 0.4) is 0 Å². The van der Waals surface area contributed by atoms with Gasteiger partial charge in [-0.3, -0.25) is 5.10 Å². The molecule has 0 fully saturated rings. The Hall–Kier alpha value is -2.72. The van der Waals surface area contributed by atoms with Crippen LogP contribution in [0.1, 0.15) is 16.8 Å². The highest BCUT2D eigenvalue weighted by Crippen LogP contribution is 2.27. The number of aromatic amines is 1. The average molecular weight is 331 g/mol. The fraction of sp³-hybridized carbons (Fsp3) is 0.100. The topological polar surface area (TPSA) is 33.1 Å². The van der Waals surface area contributed by atoms with Crippen LogP contribution in [-0.2, 0) is 6.42 Å². The Morgan fingerprint density at radius 1 is 1.00 bits per heavy atom. The van der Waals surface area contributed by atoms with Gasteiger partial charge in [0.15, 0.2) is 5.65 Å². The molecule has 4 aromatic rings. The van der Waals surface area contributed by atoms with E-state index in [1.54, 1.807) is 0 Å². The van der Waals surface area contributed by atoms with Crippen LogP contribution in [0.25, 0.3) is 16.8 Å². The highest BCUT2D eigenvalue weighted by atomic mass is 32.1. The SMILES string of the molecule is Cc1[nH]n2c(=S)c(Cc3ccccc3)cnc2c1-c1ccccc1. The molecule has 0 amide bonds. The van der Waals surface area contributed by atoms with Crippen LogP contribution < -0.4 is 0 Å². The summed E-state index contributed by atoms with van der Waals surface area (Å²) in [4.78, 5) is 4.70. The number of hydrogen-bond acceptors (Lipinski definition) is 2. The lowest BCUT2D eigenvalue weighted by Gasteiger charge is -2.04. The van der Waals surface area contributed by atoms with Crippen molar-refractivity contribution in [3.8, 4) is 11.1 Å². The average Bonchev–Trinajstić information content (AvgIpc) is 2.96. The summed E-state index contributed by atoms with van der Waals surface area (Å²) in [6.45, 7) is 2.06. The highest BCUT2D eigenvalue weighted by molar-refractivity contribution is 7.71. The quantitative estimate of drug-likeness (QED) is 0.538. The molecule has 24 heavy (non-hydrogen) atoms. The number of fused-ring (bicyclic) bond motifs is 1. The number of nitrogens with one attached hydrogen (secondary N) is 1. The van der Waals surface area contributed by atoms with Gasteiger partial charge in [-0.1, -0.05) is 72.9 Å². The van der Waals surface area contributed by atoms with Crippen LogP contribution in [0.5, 0.6) is 0 Å². The number of hydrogen-bond donors (Lipinski definition) is 1. The van der Waals surface area contributed by atoms with E-state index < -0.39 is 0 Å². The van der Waals surface area contributed by atoms with Crippen molar-refractivity contribution in [3.63, 3.8) is 0 Å². The Morgan fingerprint density at radius 3 is 2.38 bits per heavy atom. The summed E-state index contributed by atoms with van der Waals surface area (Å²) in [5.41, 5.74) is 6.48. The number of aryl methyl sites for hydroxylation is 1. The monoisotopic (exact) mass is 331 g/mol. The molecule has 0 aliphatic heterocycles. The van der Waals surface area contributed by atoms with Gasteiger partial charge in [0.1, 0.15) is 4.64 Å². The Labute approximate surface area is 145 Å². The zero-order chi connectivity index (χ0) is 16.5. The summed E-state index contributed by atoms with van der Waals surface area (Å²) in [6, 6.07) is 20.6. The lowest BCUT2D eigenvalue weighted by Crippen LogP contribution is -1.99. The molecule has 0 saturated heterocycles. The van der Waals surface area contributed by atoms with Crippen molar-refractivity contribution in [2.45, 2.75) is 13.3 Å². The zero-order valence-electron chi connectivity index (χ0n) is 13.4. The van der Waals surface area contributed by atoms with Crippen LogP contribution in [0.2, 0.25) is 0 Å². The largest absolute Gasteiger partial charge is 0.295 e. The summed E-state index contributed by atoms with van der Waals surface area (Å²) < 4.78 is 2.71. The van der Waals surface area contributed by atoms with Crippen LogP contribution in [0, 0.1) is 11.6 Å². The van der Waals surface area contributed by atoms with Gasteiger partial charge in [0.2, 0.25) is 0 Å². The molecular formula is C20H17N3S. The van der Waals surface area contributed by atoms with Gasteiger partial charge < -0.3 is 0 Å². The molecule has 4 rings (SSSR count). The molecule has 118 valence electrons. The van der Waals surface area contributed by atoms with Crippen molar-refractivity contribution in [1.29, 1.82) is 0 Å². The highest BCUT2D eigenvalue weighted by Gasteiger charge is 2.13. The second-order valence-electron chi connectivity index (χ2n) is 5.89. The summed E-state index contributed by atoms with van der Waals surface area (Å²) in [6.07, 6.45) is 2.69. The molecule has 0 radical (unpaired) electrons. The third-order valence-corrected chi connectivity index (χ3v) is 4.66. The fourth-order valence-corrected chi connectivity index (χ4v) is 3.31. The van der Waals surface area contributed by atoms with Gasteiger partial charge in [-0.15, -0.1) is 0 Å². The molecule has 3 nitrogen and oxygen atoms in total. The number of H-pyrrole nitrogens is 1. The number of rotatable bonds is 3. The van der Waals surface area contributed by atoms with Crippen molar-refractivity contribution in [1.82, 2.24) is 14.6 Å². The van der Waals surface area contributed by atoms with Gasteiger partial charge in [0.25, 0.3) is 0 Å². The van der Waals surface area contributed by atoms with E-state index in [2.05, 4.69) is 36.3 Å². The first-order chi connectivity index (χ1) is 11.7. The molecule has 4 heteroatoms. The maximum absolute atomic E-state index is 5.71. The van der Waals surface area contributed by atoms with Gasteiger partial charge >= 0.3 is 0 Å². The van der Waals surface area contributed by atoms with Gasteiger partial charge in [-0.2, -0.15) is 0 Å². The van der Waals surface area contributed by atoms with Crippen molar-refractivity contribution >= 4 is 17.9 Å². The predicted octanol–water partition coefficient (Wildman–Crippen LogP) is 4.96. The molecule has 0 atom stereocenters. The van der Waals surface area contributed by atoms with Crippen LogP contribution in [0.4, 0.5) is 0 Å². The van der Waals surface area contributed by atoms with Crippen molar-refractivity contribution < 1.29 is 0 Å². The Bertz CT molecular complexity index is 1050. The Balaban J connectivity index is 1.85. The standard InChI is InChI=1S/C20H17N3S/c1-14-18(16-10-6-3-7-11-16)19-21-13-17(20(24)23(19)22-14)12-15-8-4-2-5-9-15/h2-11,13,22H,12H2,1H3. The van der Waals surface area contributed by atoms with E-state index in [9.17, 15) is 0 Å². The van der Waals surface area contributed by atoms with E-state index in [4.69, 9.17) is 17.2 Å². The minimum Gasteiger partial charge on any atom is -0.295 e. The maximum atomic E-state index is 5.71. The predicted molar refractivity (Wildman–Crippen MR) is 99.8 cm³/mol. The molecule has 0 aliphatic rings. The summed E-state index contributed by atoms with van der Waals surface area (Å²) in [5.74, 6) is 0. The first-order valence-corrected chi connectivity index (χ1v) is 8.33. The lowest BCUT2D eigenvalue weighted by atomic mass is 10.1. The second-order valence-corrected chi connectivity index (χ2v) is 6.27. The molecule has 2 aromatic carbocycles. The molecular weight excluding hydrogens is 314 g/mol. The summed E-state index contributed by atoms with van der Waals surface area (Å²) >= 11 is 5.71. The van der Waals surface area contributed by atoms with Gasteiger partial charge in [-0.05, 0) is 18.1 Å². The van der Waals surface area contributed by atoms with Crippen LogP contribution in [-0.4, -0.2) is 14.6 Å². The maximum Gasteiger partial charge on any atom is 0.162 e. The van der Waals surface area contributed by atoms with E-state index in [-0.39, 0.29) is 0 Å². The Kier molecular flexibility index (Phi) is 3.75. The van der Waals surface area contributed by atoms with Crippen LogP contribution in [0.15, 0.2) is 66.9 Å². The number of nitrogens with zero attached hydrogens (tertiary/aromatic N) is 2. The molecule has 0 saturated carbocycles. The molecule has 0 unspecified atom stereocenters. The van der Waals surface area contributed by atoms with E-state index in [1.807, 2.05) is 47.1 Å². The van der Waals surface area contributed by atoms with Gasteiger partial charge in [0, 0.05) is 29.4 Å².